The van der Waals surface area contributed by atoms with Crippen LogP contribution in [0.2, 0.25) is 0 Å². The minimum absolute atomic E-state index is 0. The number of hydrogen-bond acceptors (Lipinski definition) is 4. The summed E-state index contributed by atoms with van der Waals surface area (Å²) in [6, 6.07) is 6.28. The number of hydrogen-bond donors (Lipinski definition) is 3. The van der Waals surface area contributed by atoms with E-state index in [1.807, 2.05) is 0 Å². The van der Waals surface area contributed by atoms with Gasteiger partial charge in [-0.05, 0) is 37.0 Å². The molecule has 1 aromatic carbocycles. The number of carbonyl (C=O) groups excluding carboxylic acids is 1. The average Bonchev–Trinajstić information content (AvgIpc) is 2.61. The lowest BCUT2D eigenvalue weighted by atomic mass is 9.86. The first kappa shape index (κ1) is 22.9. The van der Waals surface area contributed by atoms with E-state index in [9.17, 15) is 13.2 Å². The minimum atomic E-state index is -3.59. The summed E-state index contributed by atoms with van der Waals surface area (Å²) in [5, 5.41) is 2.79. The van der Waals surface area contributed by atoms with Crippen LogP contribution in [0.3, 0.4) is 0 Å². The molecule has 1 aliphatic rings. The highest BCUT2D eigenvalue weighted by molar-refractivity contribution is 7.89. The molecule has 1 fully saturated rings. The number of nitrogens with two attached hydrogens (primary N) is 1. The van der Waals surface area contributed by atoms with Gasteiger partial charge >= 0.3 is 0 Å². The van der Waals surface area contributed by atoms with Gasteiger partial charge < -0.3 is 11.1 Å². The van der Waals surface area contributed by atoms with E-state index in [0.29, 0.717) is 12.1 Å². The summed E-state index contributed by atoms with van der Waals surface area (Å²) in [6.07, 6.45) is 9.01. The molecule has 0 unspecified atom stereocenters. The number of nitrogens with one attached hydrogen (secondary N) is 2. The predicted molar refractivity (Wildman–Crippen MR) is 107 cm³/mol. The van der Waals surface area contributed by atoms with Crippen molar-refractivity contribution in [2.24, 2.45) is 11.7 Å². The third kappa shape index (κ3) is 7.61. The second-order valence-electron chi connectivity index (χ2n) is 6.66. The van der Waals surface area contributed by atoms with Crippen LogP contribution in [0.25, 0.3) is 0 Å². The first-order valence-corrected chi connectivity index (χ1v) is 10.6. The molecule has 148 valence electrons. The number of halogens is 1. The first-order valence-electron chi connectivity index (χ1n) is 9.11. The van der Waals surface area contributed by atoms with Crippen LogP contribution in [0.15, 0.2) is 29.2 Å². The van der Waals surface area contributed by atoms with Crippen LogP contribution in [0, 0.1) is 5.92 Å². The van der Waals surface area contributed by atoms with Gasteiger partial charge in [-0.25, -0.2) is 13.1 Å². The molecule has 2 rings (SSSR count). The Labute approximate surface area is 162 Å². The van der Waals surface area contributed by atoms with Gasteiger partial charge in [0.1, 0.15) is 0 Å². The molecule has 1 saturated carbocycles. The van der Waals surface area contributed by atoms with Crippen molar-refractivity contribution < 1.29 is 13.2 Å². The molecular weight excluding hydrogens is 374 g/mol. The standard InChI is InChI=1S/C18H29N3O3S.ClH/c19-12-13-20-25(23,24)17-10-5-9-16(14-17)21-18(22)11-4-8-15-6-2-1-3-7-15;/h5,9-10,14-15,20H,1-4,6-8,11-13,19H2,(H,21,22);1H. The van der Waals surface area contributed by atoms with Crippen molar-refractivity contribution in [3.63, 3.8) is 0 Å². The summed E-state index contributed by atoms with van der Waals surface area (Å²) < 4.78 is 26.6. The largest absolute Gasteiger partial charge is 0.329 e. The molecule has 4 N–H and O–H groups in total. The van der Waals surface area contributed by atoms with Crippen LogP contribution in [0.1, 0.15) is 51.4 Å². The number of anilines is 1. The van der Waals surface area contributed by atoms with Crippen LogP contribution >= 0.6 is 12.4 Å². The zero-order valence-electron chi connectivity index (χ0n) is 15.1. The van der Waals surface area contributed by atoms with Gasteiger partial charge in [0, 0.05) is 25.2 Å². The third-order valence-electron chi connectivity index (χ3n) is 4.61. The molecule has 0 heterocycles. The average molecular weight is 404 g/mol. The molecule has 0 aliphatic heterocycles. The molecule has 0 radical (unpaired) electrons. The maximum Gasteiger partial charge on any atom is 0.240 e. The van der Waals surface area contributed by atoms with Gasteiger partial charge in [-0.15, -0.1) is 12.4 Å². The monoisotopic (exact) mass is 403 g/mol. The maximum absolute atomic E-state index is 12.1. The Kier molecular flexibility index (Phi) is 10.2. The predicted octanol–water partition coefficient (Wildman–Crippen LogP) is 3.03. The summed E-state index contributed by atoms with van der Waals surface area (Å²) in [7, 11) is -3.59. The number of amides is 1. The summed E-state index contributed by atoms with van der Waals surface area (Å²) in [5.41, 5.74) is 5.82. The minimum Gasteiger partial charge on any atom is -0.329 e. The molecule has 0 saturated heterocycles. The van der Waals surface area contributed by atoms with Gasteiger partial charge in [-0.2, -0.15) is 0 Å². The van der Waals surface area contributed by atoms with Crippen molar-refractivity contribution in [2.75, 3.05) is 18.4 Å². The van der Waals surface area contributed by atoms with E-state index in [1.54, 1.807) is 12.1 Å². The SMILES string of the molecule is Cl.NCCNS(=O)(=O)c1cccc(NC(=O)CCCC2CCCCC2)c1. The molecule has 0 atom stereocenters. The number of rotatable bonds is 9. The van der Waals surface area contributed by atoms with Gasteiger partial charge in [0.2, 0.25) is 15.9 Å². The fourth-order valence-corrected chi connectivity index (χ4v) is 4.36. The van der Waals surface area contributed by atoms with Crippen LogP contribution < -0.4 is 15.8 Å². The lowest BCUT2D eigenvalue weighted by Crippen LogP contribution is -2.29. The molecule has 1 aromatic rings. The molecular formula is C18H30ClN3O3S. The van der Waals surface area contributed by atoms with Gasteiger partial charge in [0.25, 0.3) is 0 Å². The summed E-state index contributed by atoms with van der Waals surface area (Å²) >= 11 is 0. The Morgan fingerprint density at radius 1 is 1.19 bits per heavy atom. The van der Waals surface area contributed by atoms with E-state index >= 15 is 0 Å². The zero-order chi connectivity index (χ0) is 18.1. The number of sulfonamides is 1. The fourth-order valence-electron chi connectivity index (χ4n) is 3.27. The van der Waals surface area contributed by atoms with E-state index in [0.717, 1.165) is 18.8 Å². The molecule has 6 nitrogen and oxygen atoms in total. The van der Waals surface area contributed by atoms with Gasteiger partial charge in [-0.3, -0.25) is 4.79 Å². The molecule has 1 amide bonds. The lowest BCUT2D eigenvalue weighted by molar-refractivity contribution is -0.116. The van der Waals surface area contributed by atoms with Crippen molar-refractivity contribution in [1.29, 1.82) is 0 Å². The van der Waals surface area contributed by atoms with Gasteiger partial charge in [0.05, 0.1) is 4.90 Å². The maximum atomic E-state index is 12.1. The van der Waals surface area contributed by atoms with Crippen molar-refractivity contribution in [3.8, 4) is 0 Å². The Morgan fingerprint density at radius 3 is 2.62 bits per heavy atom. The normalized spacial score (nSPS) is 15.3. The quantitative estimate of drug-likeness (QED) is 0.589. The fraction of sp³-hybridized carbons (Fsp3) is 0.611. The molecule has 0 aromatic heterocycles. The Balaban J connectivity index is 0.00000338. The highest BCUT2D eigenvalue weighted by atomic mass is 35.5. The van der Waals surface area contributed by atoms with Crippen LogP contribution in [-0.2, 0) is 14.8 Å². The lowest BCUT2D eigenvalue weighted by Gasteiger charge is -2.21. The molecule has 0 spiro atoms. The second kappa shape index (κ2) is 11.5. The molecule has 1 aliphatic carbocycles. The zero-order valence-corrected chi connectivity index (χ0v) is 16.7. The Morgan fingerprint density at radius 2 is 1.92 bits per heavy atom. The van der Waals surface area contributed by atoms with E-state index in [4.69, 9.17) is 5.73 Å². The van der Waals surface area contributed by atoms with Crippen molar-refractivity contribution in [1.82, 2.24) is 4.72 Å². The van der Waals surface area contributed by atoms with Crippen LogP contribution in [0.5, 0.6) is 0 Å². The summed E-state index contributed by atoms with van der Waals surface area (Å²) in [6.45, 7) is 0.413. The number of carbonyl (C=O) groups is 1. The van der Waals surface area contributed by atoms with E-state index < -0.39 is 10.0 Å². The van der Waals surface area contributed by atoms with Gasteiger partial charge in [-0.1, -0.05) is 38.2 Å². The third-order valence-corrected chi connectivity index (χ3v) is 6.06. The summed E-state index contributed by atoms with van der Waals surface area (Å²) in [4.78, 5) is 12.2. The van der Waals surface area contributed by atoms with Crippen LogP contribution in [-0.4, -0.2) is 27.4 Å². The van der Waals surface area contributed by atoms with Crippen molar-refractivity contribution in [3.05, 3.63) is 24.3 Å². The molecule has 8 heteroatoms. The smallest absolute Gasteiger partial charge is 0.240 e. The van der Waals surface area contributed by atoms with Crippen molar-refractivity contribution in [2.45, 2.75) is 56.3 Å². The second-order valence-corrected chi connectivity index (χ2v) is 8.43. The number of benzene rings is 1. The molecule has 0 bridgehead atoms. The van der Waals surface area contributed by atoms with E-state index in [1.165, 1.54) is 44.2 Å². The summed E-state index contributed by atoms with van der Waals surface area (Å²) in [5.74, 6) is 0.698. The van der Waals surface area contributed by atoms with E-state index in [2.05, 4.69) is 10.0 Å². The van der Waals surface area contributed by atoms with Crippen molar-refractivity contribution >= 4 is 34.0 Å². The Bertz CT molecular complexity index is 661. The Hall–Kier alpha value is -1.15. The van der Waals surface area contributed by atoms with Crippen LogP contribution in [0.4, 0.5) is 5.69 Å². The highest BCUT2D eigenvalue weighted by Crippen LogP contribution is 2.27. The first-order chi connectivity index (χ1) is 12.0. The topological polar surface area (TPSA) is 101 Å². The molecule has 26 heavy (non-hydrogen) atoms. The van der Waals surface area contributed by atoms with Gasteiger partial charge in [0.15, 0.2) is 0 Å². The van der Waals surface area contributed by atoms with E-state index in [-0.39, 0.29) is 36.3 Å². The highest BCUT2D eigenvalue weighted by Gasteiger charge is 2.15.